The summed E-state index contributed by atoms with van der Waals surface area (Å²) in [6.07, 6.45) is 2.72. The Morgan fingerprint density at radius 2 is 1.68 bits per heavy atom. The number of rotatable bonds is 8. The molecule has 3 aromatic carbocycles. The minimum absolute atomic E-state index is 0.119. The summed E-state index contributed by atoms with van der Waals surface area (Å²) in [4.78, 5) is 28.6. The average molecular weight is 460 g/mol. The summed E-state index contributed by atoms with van der Waals surface area (Å²) < 4.78 is 28.0. The van der Waals surface area contributed by atoms with Gasteiger partial charge in [0.1, 0.15) is 11.6 Å². The highest BCUT2D eigenvalue weighted by Gasteiger charge is 2.22. The van der Waals surface area contributed by atoms with Gasteiger partial charge >= 0.3 is 5.97 Å². The van der Waals surface area contributed by atoms with Crippen molar-refractivity contribution in [2.24, 2.45) is 4.99 Å². The minimum Gasteiger partial charge on any atom is -0.478 e. The van der Waals surface area contributed by atoms with Gasteiger partial charge in [-0.1, -0.05) is 36.4 Å². The van der Waals surface area contributed by atoms with E-state index in [4.69, 9.17) is 0 Å². The number of allylic oxidation sites excluding steroid dienone is 1. The van der Waals surface area contributed by atoms with Crippen LogP contribution >= 0.6 is 0 Å². The van der Waals surface area contributed by atoms with Crippen molar-refractivity contribution in [2.45, 2.75) is 12.8 Å². The van der Waals surface area contributed by atoms with E-state index in [0.717, 1.165) is 11.1 Å². The lowest BCUT2D eigenvalue weighted by Crippen LogP contribution is -2.27. The van der Waals surface area contributed by atoms with Crippen molar-refractivity contribution in [2.75, 3.05) is 13.1 Å². The van der Waals surface area contributed by atoms with Crippen LogP contribution < -0.4 is 5.32 Å². The van der Waals surface area contributed by atoms with Crippen molar-refractivity contribution in [3.8, 4) is 0 Å². The fraction of sp³-hybridized carbons (Fsp3) is 0.148. The second kappa shape index (κ2) is 10.2. The van der Waals surface area contributed by atoms with Gasteiger partial charge in [-0.2, -0.15) is 0 Å². The van der Waals surface area contributed by atoms with Crippen molar-refractivity contribution in [1.82, 2.24) is 5.32 Å². The molecule has 0 bridgehead atoms. The number of aliphatic imine (C=N–C) groups is 1. The molecule has 1 aliphatic heterocycles. The number of nitrogens with one attached hydrogen (secondary N) is 1. The lowest BCUT2D eigenvalue weighted by Gasteiger charge is -2.11. The zero-order valence-electron chi connectivity index (χ0n) is 18.2. The van der Waals surface area contributed by atoms with Gasteiger partial charge in [-0.3, -0.25) is 9.79 Å². The molecule has 1 amide bonds. The molecule has 0 atom stereocenters. The molecule has 1 aliphatic rings. The fourth-order valence-electron chi connectivity index (χ4n) is 3.91. The SMILES string of the molecule is O=C(O)c1ccccc1CCCNC(=O)c1cccc(F)c1C1=NCC(c2ccc(F)cc2)=C1. The zero-order valence-corrected chi connectivity index (χ0v) is 18.2. The summed E-state index contributed by atoms with van der Waals surface area (Å²) >= 11 is 0. The van der Waals surface area contributed by atoms with Gasteiger partial charge in [0.2, 0.25) is 0 Å². The van der Waals surface area contributed by atoms with Crippen molar-refractivity contribution >= 4 is 23.2 Å². The van der Waals surface area contributed by atoms with Crippen LogP contribution in [0.1, 0.15) is 43.8 Å². The molecule has 0 saturated heterocycles. The molecule has 34 heavy (non-hydrogen) atoms. The molecule has 0 saturated carbocycles. The molecule has 3 aromatic rings. The van der Waals surface area contributed by atoms with E-state index in [-0.39, 0.29) is 22.5 Å². The fourth-order valence-corrected chi connectivity index (χ4v) is 3.91. The van der Waals surface area contributed by atoms with Gasteiger partial charge in [-0.25, -0.2) is 13.6 Å². The summed E-state index contributed by atoms with van der Waals surface area (Å²) in [5.74, 6) is -2.33. The molecule has 0 spiro atoms. The van der Waals surface area contributed by atoms with Crippen LogP contribution in [0.15, 0.2) is 77.8 Å². The Kier molecular flexibility index (Phi) is 6.92. The zero-order chi connectivity index (χ0) is 24.1. The van der Waals surface area contributed by atoms with E-state index in [1.54, 1.807) is 48.5 Å². The van der Waals surface area contributed by atoms with Gasteiger partial charge in [0.25, 0.3) is 5.91 Å². The predicted molar refractivity (Wildman–Crippen MR) is 126 cm³/mol. The Bertz CT molecular complexity index is 1300. The van der Waals surface area contributed by atoms with E-state index in [1.807, 2.05) is 0 Å². The van der Waals surface area contributed by atoms with Crippen LogP contribution in [0.3, 0.4) is 0 Å². The third-order valence-electron chi connectivity index (χ3n) is 5.62. The maximum atomic E-state index is 14.8. The summed E-state index contributed by atoms with van der Waals surface area (Å²) in [5, 5.41) is 12.1. The van der Waals surface area contributed by atoms with Crippen LogP contribution in [0.2, 0.25) is 0 Å². The first-order chi connectivity index (χ1) is 16.4. The number of carbonyl (C=O) groups excluding carboxylic acids is 1. The van der Waals surface area contributed by atoms with E-state index in [9.17, 15) is 23.5 Å². The van der Waals surface area contributed by atoms with Crippen LogP contribution in [-0.4, -0.2) is 35.8 Å². The molecule has 5 nitrogen and oxygen atoms in total. The van der Waals surface area contributed by atoms with Crippen LogP contribution in [-0.2, 0) is 6.42 Å². The van der Waals surface area contributed by atoms with Crippen LogP contribution in [0.4, 0.5) is 8.78 Å². The summed E-state index contributed by atoms with van der Waals surface area (Å²) in [7, 11) is 0. The normalized spacial score (nSPS) is 12.8. The molecule has 0 aliphatic carbocycles. The maximum Gasteiger partial charge on any atom is 0.335 e. The first-order valence-corrected chi connectivity index (χ1v) is 10.8. The number of carboxylic acids is 1. The molecule has 4 rings (SSSR count). The van der Waals surface area contributed by atoms with Gasteiger partial charge < -0.3 is 10.4 Å². The van der Waals surface area contributed by atoms with Gasteiger partial charge in [-0.15, -0.1) is 0 Å². The Hall–Kier alpha value is -4.13. The number of halogens is 2. The number of hydrogen-bond acceptors (Lipinski definition) is 3. The van der Waals surface area contributed by atoms with Crippen molar-refractivity contribution < 1.29 is 23.5 Å². The molecule has 0 fully saturated rings. The Morgan fingerprint density at radius 3 is 2.44 bits per heavy atom. The number of carbonyl (C=O) groups is 2. The van der Waals surface area contributed by atoms with Gasteiger partial charge in [-0.05, 0) is 65.9 Å². The average Bonchev–Trinajstić information content (AvgIpc) is 3.32. The lowest BCUT2D eigenvalue weighted by molar-refractivity contribution is 0.0695. The van der Waals surface area contributed by atoms with Crippen LogP contribution in [0, 0.1) is 11.6 Å². The first kappa shape index (κ1) is 23.0. The van der Waals surface area contributed by atoms with E-state index in [0.29, 0.717) is 37.2 Å². The third kappa shape index (κ3) is 5.09. The number of aryl methyl sites for hydroxylation is 1. The molecule has 0 aromatic heterocycles. The molecule has 172 valence electrons. The molecule has 7 heteroatoms. The lowest BCUT2D eigenvalue weighted by atomic mass is 9.99. The molecule has 1 heterocycles. The molecule has 0 unspecified atom stereocenters. The van der Waals surface area contributed by atoms with Crippen LogP contribution in [0.25, 0.3) is 5.57 Å². The molecule has 0 radical (unpaired) electrons. The number of benzene rings is 3. The van der Waals surface area contributed by atoms with Crippen molar-refractivity contribution in [3.63, 3.8) is 0 Å². The highest BCUT2D eigenvalue weighted by Crippen LogP contribution is 2.25. The molecule has 2 N–H and O–H groups in total. The number of amides is 1. The van der Waals surface area contributed by atoms with E-state index in [2.05, 4.69) is 10.3 Å². The van der Waals surface area contributed by atoms with Crippen molar-refractivity contribution in [3.05, 3.63) is 112 Å². The molecular weight excluding hydrogens is 438 g/mol. The van der Waals surface area contributed by atoms with E-state index >= 15 is 0 Å². The van der Waals surface area contributed by atoms with Gasteiger partial charge in [0.15, 0.2) is 0 Å². The van der Waals surface area contributed by atoms with Crippen LogP contribution in [0.5, 0.6) is 0 Å². The van der Waals surface area contributed by atoms with E-state index < -0.39 is 17.7 Å². The largest absolute Gasteiger partial charge is 0.478 e. The van der Waals surface area contributed by atoms with Gasteiger partial charge in [0.05, 0.1) is 23.4 Å². The quantitative estimate of drug-likeness (QED) is 0.469. The highest BCUT2D eigenvalue weighted by molar-refractivity contribution is 6.19. The monoisotopic (exact) mass is 460 g/mol. The summed E-state index contributed by atoms with van der Waals surface area (Å²) in [6, 6.07) is 17.0. The second-order valence-electron chi connectivity index (χ2n) is 7.86. The highest BCUT2D eigenvalue weighted by atomic mass is 19.1. The van der Waals surface area contributed by atoms with E-state index in [1.165, 1.54) is 24.3 Å². The number of nitrogens with zero attached hydrogens (tertiary/aromatic N) is 1. The Balaban J connectivity index is 1.45. The van der Waals surface area contributed by atoms with Crippen molar-refractivity contribution in [1.29, 1.82) is 0 Å². The Labute approximate surface area is 195 Å². The molecular formula is C27H22F2N2O3. The van der Waals surface area contributed by atoms with Gasteiger partial charge in [0, 0.05) is 12.1 Å². The standard InChI is InChI=1S/C27H22F2N2O3/c28-20-12-10-17(11-13-20)19-15-24(31-16-19)25-22(8-3-9-23(25)29)26(32)30-14-4-6-18-5-1-2-7-21(18)27(33)34/h1-3,5,7-13,15H,4,6,14,16H2,(H,30,32)(H,33,34). The number of carboxylic acid groups (broad SMARTS) is 1. The predicted octanol–water partition coefficient (Wildman–Crippen LogP) is 4.91. The second-order valence-corrected chi connectivity index (χ2v) is 7.86. The first-order valence-electron chi connectivity index (χ1n) is 10.8. The third-order valence-corrected chi connectivity index (χ3v) is 5.62. The number of aromatic carboxylic acids is 1. The summed E-state index contributed by atoms with van der Waals surface area (Å²) in [5.41, 5.74) is 3.16. The maximum absolute atomic E-state index is 14.8. The number of hydrogen-bond donors (Lipinski definition) is 2. The Morgan fingerprint density at radius 1 is 0.941 bits per heavy atom. The topological polar surface area (TPSA) is 78.8 Å². The smallest absolute Gasteiger partial charge is 0.335 e. The summed E-state index contributed by atoms with van der Waals surface area (Å²) in [6.45, 7) is 0.602. The minimum atomic E-state index is -0.991.